The third kappa shape index (κ3) is 5.96. The molecule has 2 saturated heterocycles. The van der Waals surface area contributed by atoms with Gasteiger partial charge < -0.3 is 24.8 Å². The number of fused-ring (bicyclic) bond motifs is 1. The second-order valence-electron chi connectivity index (χ2n) is 8.54. The summed E-state index contributed by atoms with van der Waals surface area (Å²) in [5.41, 5.74) is 0.983. The Morgan fingerprint density at radius 1 is 1.06 bits per heavy atom. The summed E-state index contributed by atoms with van der Waals surface area (Å²) in [7, 11) is 0. The second-order valence-corrected chi connectivity index (χ2v) is 8.54. The number of carbonyl (C=O) groups is 2. The summed E-state index contributed by atoms with van der Waals surface area (Å²) >= 11 is 0. The van der Waals surface area contributed by atoms with Crippen LogP contribution in [0.25, 0.3) is 0 Å². The van der Waals surface area contributed by atoms with Gasteiger partial charge in [0, 0.05) is 13.1 Å². The number of carbonyl (C=O) groups excluding carboxylic acids is 2. The fourth-order valence-corrected chi connectivity index (χ4v) is 4.44. The van der Waals surface area contributed by atoms with Crippen LogP contribution in [0.15, 0.2) is 54.6 Å². The SMILES string of the molecule is O=C(C[C@@H]1CC[C@H]2[C@@H](COC[C@@H](O)CN2C(=O)c2ccccc2F)O1)NCc1ccccc1. The van der Waals surface area contributed by atoms with Gasteiger partial charge in [0.05, 0.1) is 43.4 Å². The molecule has 0 radical (unpaired) electrons. The van der Waals surface area contributed by atoms with Crippen molar-refractivity contribution in [1.29, 1.82) is 0 Å². The number of aliphatic hydroxyl groups excluding tert-OH is 1. The lowest BCUT2D eigenvalue weighted by Crippen LogP contribution is -2.57. The number of ether oxygens (including phenoxy) is 2. The summed E-state index contributed by atoms with van der Waals surface area (Å²) in [6, 6.07) is 15.1. The summed E-state index contributed by atoms with van der Waals surface area (Å²) in [5.74, 6) is -1.19. The summed E-state index contributed by atoms with van der Waals surface area (Å²) in [6.07, 6.45) is -0.299. The van der Waals surface area contributed by atoms with E-state index in [4.69, 9.17) is 9.47 Å². The van der Waals surface area contributed by atoms with Gasteiger partial charge in [-0.1, -0.05) is 42.5 Å². The van der Waals surface area contributed by atoms with Crippen LogP contribution in [0.4, 0.5) is 4.39 Å². The zero-order valence-corrected chi connectivity index (χ0v) is 18.4. The lowest BCUT2D eigenvalue weighted by atomic mass is 9.94. The minimum Gasteiger partial charge on any atom is -0.389 e. The summed E-state index contributed by atoms with van der Waals surface area (Å²) < 4.78 is 26.0. The Morgan fingerprint density at radius 2 is 1.82 bits per heavy atom. The van der Waals surface area contributed by atoms with Gasteiger partial charge in [0.1, 0.15) is 11.9 Å². The molecule has 2 amide bonds. The highest BCUT2D eigenvalue weighted by Gasteiger charge is 2.40. The third-order valence-corrected chi connectivity index (χ3v) is 6.09. The number of hydrogen-bond donors (Lipinski definition) is 2. The number of nitrogens with one attached hydrogen (secondary N) is 1. The molecule has 2 fully saturated rings. The number of halogens is 1. The van der Waals surface area contributed by atoms with Crippen LogP contribution in [0.1, 0.15) is 35.2 Å². The van der Waals surface area contributed by atoms with Crippen molar-refractivity contribution in [2.45, 2.75) is 50.2 Å². The fraction of sp³-hybridized carbons (Fsp3) is 0.440. The van der Waals surface area contributed by atoms with Crippen LogP contribution >= 0.6 is 0 Å². The van der Waals surface area contributed by atoms with E-state index < -0.39 is 23.9 Å². The zero-order chi connectivity index (χ0) is 23.2. The van der Waals surface area contributed by atoms with Crippen molar-refractivity contribution in [2.24, 2.45) is 0 Å². The minimum absolute atomic E-state index is 0.0277. The molecule has 2 aromatic carbocycles. The third-order valence-electron chi connectivity index (χ3n) is 6.09. The molecule has 33 heavy (non-hydrogen) atoms. The molecule has 0 unspecified atom stereocenters. The monoisotopic (exact) mass is 456 g/mol. The minimum atomic E-state index is -0.872. The van der Waals surface area contributed by atoms with E-state index in [0.29, 0.717) is 19.4 Å². The Balaban J connectivity index is 1.40. The molecule has 0 spiro atoms. The van der Waals surface area contributed by atoms with Crippen LogP contribution in [-0.4, -0.2) is 65.9 Å². The summed E-state index contributed by atoms with van der Waals surface area (Å²) in [6.45, 7) is 0.713. The van der Waals surface area contributed by atoms with Crippen molar-refractivity contribution in [2.75, 3.05) is 19.8 Å². The average Bonchev–Trinajstić information content (AvgIpc) is 2.81. The lowest BCUT2D eigenvalue weighted by molar-refractivity contribution is -0.151. The van der Waals surface area contributed by atoms with E-state index in [2.05, 4.69) is 5.32 Å². The molecule has 0 aliphatic carbocycles. The first kappa shape index (κ1) is 23.4. The number of amides is 2. The number of hydrogen-bond acceptors (Lipinski definition) is 5. The molecule has 176 valence electrons. The predicted octanol–water partition coefficient (Wildman–Crippen LogP) is 2.28. The molecule has 2 aliphatic heterocycles. The highest BCUT2D eigenvalue weighted by molar-refractivity contribution is 5.94. The van der Waals surface area contributed by atoms with E-state index >= 15 is 0 Å². The first-order valence-electron chi connectivity index (χ1n) is 11.3. The topological polar surface area (TPSA) is 88.1 Å². The number of nitrogens with zero attached hydrogens (tertiary/aromatic N) is 1. The van der Waals surface area contributed by atoms with Gasteiger partial charge in [0.15, 0.2) is 0 Å². The predicted molar refractivity (Wildman–Crippen MR) is 119 cm³/mol. The van der Waals surface area contributed by atoms with Gasteiger partial charge >= 0.3 is 0 Å². The van der Waals surface area contributed by atoms with Crippen molar-refractivity contribution in [3.05, 3.63) is 71.5 Å². The highest BCUT2D eigenvalue weighted by atomic mass is 19.1. The molecular formula is C25H29FN2O5. The normalized spacial score (nSPS) is 25.5. The van der Waals surface area contributed by atoms with Crippen molar-refractivity contribution in [3.63, 3.8) is 0 Å². The Labute approximate surface area is 192 Å². The molecular weight excluding hydrogens is 427 g/mol. The van der Waals surface area contributed by atoms with Crippen LogP contribution in [-0.2, 0) is 20.8 Å². The van der Waals surface area contributed by atoms with Crippen LogP contribution < -0.4 is 5.32 Å². The Kier molecular flexibility index (Phi) is 7.69. The van der Waals surface area contributed by atoms with Crippen LogP contribution in [0.2, 0.25) is 0 Å². The van der Waals surface area contributed by atoms with Crippen LogP contribution in [0.5, 0.6) is 0 Å². The molecule has 0 bridgehead atoms. The molecule has 2 heterocycles. The van der Waals surface area contributed by atoms with Crippen LogP contribution in [0.3, 0.4) is 0 Å². The molecule has 0 aromatic heterocycles. The second kappa shape index (κ2) is 10.9. The quantitative estimate of drug-likeness (QED) is 0.721. The van der Waals surface area contributed by atoms with Crippen molar-refractivity contribution >= 4 is 11.8 Å². The van der Waals surface area contributed by atoms with Gasteiger partial charge in [-0.05, 0) is 30.5 Å². The molecule has 4 rings (SSSR count). The smallest absolute Gasteiger partial charge is 0.257 e. The maximum atomic E-state index is 14.3. The summed E-state index contributed by atoms with van der Waals surface area (Å²) in [5, 5.41) is 13.2. The highest BCUT2D eigenvalue weighted by Crippen LogP contribution is 2.29. The van der Waals surface area contributed by atoms with E-state index in [1.807, 2.05) is 30.3 Å². The van der Waals surface area contributed by atoms with Crippen molar-refractivity contribution in [3.8, 4) is 0 Å². The maximum absolute atomic E-state index is 14.3. The van der Waals surface area contributed by atoms with Gasteiger partial charge in [-0.25, -0.2) is 4.39 Å². The van der Waals surface area contributed by atoms with Crippen molar-refractivity contribution in [1.82, 2.24) is 10.2 Å². The van der Waals surface area contributed by atoms with Crippen molar-refractivity contribution < 1.29 is 28.6 Å². The Hall–Kier alpha value is -2.81. The molecule has 7 nitrogen and oxygen atoms in total. The number of benzene rings is 2. The fourth-order valence-electron chi connectivity index (χ4n) is 4.44. The lowest BCUT2D eigenvalue weighted by Gasteiger charge is -2.44. The van der Waals surface area contributed by atoms with E-state index in [1.165, 1.54) is 23.1 Å². The van der Waals surface area contributed by atoms with Gasteiger partial charge in [0.2, 0.25) is 5.91 Å². The summed E-state index contributed by atoms with van der Waals surface area (Å²) in [4.78, 5) is 27.1. The largest absolute Gasteiger partial charge is 0.389 e. The molecule has 8 heteroatoms. The van der Waals surface area contributed by atoms with Gasteiger partial charge in [-0.3, -0.25) is 9.59 Å². The molecule has 2 aromatic rings. The van der Waals surface area contributed by atoms with E-state index in [9.17, 15) is 19.1 Å². The van der Waals surface area contributed by atoms with E-state index in [-0.39, 0.29) is 49.8 Å². The first-order chi connectivity index (χ1) is 16.0. The standard InChI is InChI=1S/C25H29FN2O5/c26-21-9-5-4-8-20(21)25(31)28-14-18(29)15-32-16-23-22(28)11-10-19(33-23)12-24(30)27-13-17-6-2-1-3-7-17/h1-9,18-19,22-23,29H,10-16H2,(H,27,30)/t18-,19-,22-,23+/m0/s1. The van der Waals surface area contributed by atoms with E-state index in [1.54, 1.807) is 6.07 Å². The molecule has 2 N–H and O–H groups in total. The molecule has 0 saturated carbocycles. The Bertz CT molecular complexity index is 957. The Morgan fingerprint density at radius 3 is 2.61 bits per heavy atom. The zero-order valence-electron chi connectivity index (χ0n) is 18.4. The van der Waals surface area contributed by atoms with Gasteiger partial charge in [-0.2, -0.15) is 0 Å². The van der Waals surface area contributed by atoms with Crippen LogP contribution in [0, 0.1) is 5.82 Å². The molecule has 4 atom stereocenters. The molecule has 2 aliphatic rings. The van der Waals surface area contributed by atoms with E-state index in [0.717, 1.165) is 5.56 Å². The average molecular weight is 457 g/mol. The maximum Gasteiger partial charge on any atom is 0.257 e. The number of aliphatic hydroxyl groups is 1. The number of rotatable bonds is 5. The number of β-amino-alcohol motifs (C(OH)–C–C–N with tert-alkyl or cyclic N) is 1. The first-order valence-corrected chi connectivity index (χ1v) is 11.3. The van der Waals surface area contributed by atoms with Gasteiger partial charge in [0.25, 0.3) is 5.91 Å². The van der Waals surface area contributed by atoms with Gasteiger partial charge in [-0.15, -0.1) is 0 Å².